The minimum atomic E-state index is -0.449. The summed E-state index contributed by atoms with van der Waals surface area (Å²) in [7, 11) is 1.80. The minimum Gasteiger partial charge on any atom is -0.396 e. The number of nitro benzene ring substituents is 1. The average Bonchev–Trinajstić information content (AvgIpc) is 2.59. The molecule has 1 aliphatic carbocycles. The molecule has 0 atom stereocenters. The highest BCUT2D eigenvalue weighted by atomic mass is 16.6. The van der Waals surface area contributed by atoms with Crippen LogP contribution in [-0.4, -0.2) is 40.5 Å². The normalized spacial score (nSPS) is 21.3. The predicted octanol–water partition coefficient (Wildman–Crippen LogP) is 2.62. The maximum absolute atomic E-state index is 12.2. The largest absolute Gasteiger partial charge is 0.396 e. The molecule has 1 fully saturated rings. The summed E-state index contributed by atoms with van der Waals surface area (Å²) >= 11 is 0. The lowest BCUT2D eigenvalue weighted by Crippen LogP contribution is -2.39. The van der Waals surface area contributed by atoms with E-state index in [-0.39, 0.29) is 24.2 Å². The summed E-state index contributed by atoms with van der Waals surface area (Å²) < 4.78 is 0. The topological polar surface area (TPSA) is 83.7 Å². The number of likely N-dealkylation sites (N-methyl/N-ethyl adjacent to an activating group) is 1. The van der Waals surface area contributed by atoms with Gasteiger partial charge in [-0.1, -0.05) is 0 Å². The zero-order valence-corrected chi connectivity index (χ0v) is 13.2. The van der Waals surface area contributed by atoms with Gasteiger partial charge in [-0.3, -0.25) is 14.9 Å². The van der Waals surface area contributed by atoms with Crippen molar-refractivity contribution in [1.29, 1.82) is 0 Å². The maximum Gasteiger partial charge on any atom is 0.269 e. The van der Waals surface area contributed by atoms with Gasteiger partial charge < -0.3 is 10.0 Å². The summed E-state index contributed by atoms with van der Waals surface area (Å²) in [5.41, 5.74) is 0.785. The van der Waals surface area contributed by atoms with Crippen molar-refractivity contribution in [2.75, 3.05) is 13.7 Å². The van der Waals surface area contributed by atoms with Gasteiger partial charge in [-0.15, -0.1) is 0 Å². The molecule has 0 unspecified atom stereocenters. The molecule has 0 aliphatic heterocycles. The van der Waals surface area contributed by atoms with E-state index in [1.165, 1.54) is 18.2 Å². The first-order valence-electron chi connectivity index (χ1n) is 7.81. The van der Waals surface area contributed by atoms with Gasteiger partial charge in [0.15, 0.2) is 0 Å². The van der Waals surface area contributed by atoms with Crippen LogP contribution in [0.1, 0.15) is 31.2 Å². The number of hydrogen-bond acceptors (Lipinski definition) is 4. The molecule has 2 rings (SSSR count). The Kier molecular flexibility index (Phi) is 5.87. The molecule has 0 radical (unpaired) electrons. The number of hydrogen-bond donors (Lipinski definition) is 1. The molecule has 1 saturated carbocycles. The number of nitrogens with zero attached hydrogens (tertiary/aromatic N) is 2. The van der Waals surface area contributed by atoms with Gasteiger partial charge in [0.2, 0.25) is 5.91 Å². The van der Waals surface area contributed by atoms with Crippen molar-refractivity contribution in [2.45, 2.75) is 31.7 Å². The third-order valence-electron chi connectivity index (χ3n) is 4.49. The van der Waals surface area contributed by atoms with Crippen LogP contribution in [0.5, 0.6) is 0 Å². The molecule has 6 nitrogen and oxygen atoms in total. The fourth-order valence-corrected chi connectivity index (χ4v) is 2.89. The molecule has 1 aromatic rings. The molecule has 0 saturated heterocycles. The second-order valence-electron chi connectivity index (χ2n) is 5.99. The number of carbonyl (C=O) groups is 1. The number of carbonyl (C=O) groups excluding carboxylic acids is 1. The fourth-order valence-electron chi connectivity index (χ4n) is 2.89. The van der Waals surface area contributed by atoms with Crippen LogP contribution < -0.4 is 0 Å². The van der Waals surface area contributed by atoms with Gasteiger partial charge in [0.1, 0.15) is 0 Å². The highest BCUT2D eigenvalue weighted by Gasteiger charge is 2.25. The van der Waals surface area contributed by atoms with Crippen molar-refractivity contribution >= 4 is 17.7 Å². The van der Waals surface area contributed by atoms with Crippen molar-refractivity contribution in [2.24, 2.45) is 5.92 Å². The number of aliphatic hydroxyl groups is 1. The standard InChI is InChI=1S/C17H22N2O4/c1-18(15-7-4-14(12-20)5-8-15)17(21)11-6-13-2-9-16(10-3-13)19(22)23/h2-3,6,9-11,14-15,20H,4-5,7-8,12H2,1H3/b11-6+. The minimum absolute atomic E-state index is 0.0336. The first-order valence-corrected chi connectivity index (χ1v) is 7.81. The van der Waals surface area contributed by atoms with E-state index in [1.807, 2.05) is 0 Å². The highest BCUT2D eigenvalue weighted by molar-refractivity contribution is 5.91. The van der Waals surface area contributed by atoms with E-state index in [2.05, 4.69) is 0 Å². The molecule has 0 heterocycles. The van der Waals surface area contributed by atoms with E-state index < -0.39 is 4.92 Å². The van der Waals surface area contributed by atoms with Crippen LogP contribution in [0.3, 0.4) is 0 Å². The fraction of sp³-hybridized carbons (Fsp3) is 0.471. The number of aliphatic hydroxyl groups excluding tert-OH is 1. The number of benzene rings is 1. The van der Waals surface area contributed by atoms with Crippen LogP contribution in [-0.2, 0) is 4.79 Å². The van der Waals surface area contributed by atoms with Crippen LogP contribution in [0.4, 0.5) is 5.69 Å². The van der Waals surface area contributed by atoms with Crippen molar-refractivity contribution < 1.29 is 14.8 Å². The van der Waals surface area contributed by atoms with E-state index >= 15 is 0 Å². The summed E-state index contributed by atoms with van der Waals surface area (Å²) in [6.07, 6.45) is 6.90. The van der Waals surface area contributed by atoms with Crippen LogP contribution >= 0.6 is 0 Å². The second-order valence-corrected chi connectivity index (χ2v) is 5.99. The molecule has 0 aromatic heterocycles. The molecule has 1 aromatic carbocycles. The van der Waals surface area contributed by atoms with Crippen LogP contribution in [0.15, 0.2) is 30.3 Å². The quantitative estimate of drug-likeness (QED) is 0.514. The lowest BCUT2D eigenvalue weighted by molar-refractivity contribution is -0.384. The lowest BCUT2D eigenvalue weighted by Gasteiger charge is -2.33. The SMILES string of the molecule is CN(C(=O)/C=C/c1ccc([N+](=O)[O-])cc1)C1CCC(CO)CC1. The van der Waals surface area contributed by atoms with Crippen molar-refractivity contribution in [1.82, 2.24) is 4.90 Å². The molecule has 6 heteroatoms. The van der Waals surface area contributed by atoms with Gasteiger partial charge in [-0.25, -0.2) is 0 Å². The van der Waals surface area contributed by atoms with Gasteiger partial charge in [0.05, 0.1) is 4.92 Å². The highest BCUT2D eigenvalue weighted by Crippen LogP contribution is 2.26. The monoisotopic (exact) mass is 318 g/mol. The smallest absolute Gasteiger partial charge is 0.269 e. The Balaban J connectivity index is 1.91. The zero-order valence-electron chi connectivity index (χ0n) is 13.2. The summed E-state index contributed by atoms with van der Waals surface area (Å²) in [5, 5.41) is 19.8. The summed E-state index contributed by atoms with van der Waals surface area (Å²) in [6, 6.07) is 6.29. The van der Waals surface area contributed by atoms with Crippen LogP contribution in [0, 0.1) is 16.0 Å². The summed E-state index contributed by atoms with van der Waals surface area (Å²) in [5.74, 6) is 0.293. The van der Waals surface area contributed by atoms with Gasteiger partial charge in [0, 0.05) is 37.9 Å². The van der Waals surface area contributed by atoms with Gasteiger partial charge in [-0.2, -0.15) is 0 Å². The van der Waals surface area contributed by atoms with Gasteiger partial charge in [-0.05, 0) is 55.4 Å². The molecule has 124 valence electrons. The van der Waals surface area contributed by atoms with E-state index in [0.29, 0.717) is 5.92 Å². The van der Waals surface area contributed by atoms with E-state index in [1.54, 1.807) is 30.2 Å². The lowest BCUT2D eigenvalue weighted by atomic mass is 9.86. The summed E-state index contributed by atoms with van der Waals surface area (Å²) in [6.45, 7) is 0.227. The van der Waals surface area contributed by atoms with Crippen molar-refractivity contribution in [3.8, 4) is 0 Å². The first-order chi connectivity index (χ1) is 11.0. The third-order valence-corrected chi connectivity index (χ3v) is 4.49. The zero-order chi connectivity index (χ0) is 16.8. The van der Waals surface area contributed by atoms with Gasteiger partial charge in [0.25, 0.3) is 5.69 Å². The molecule has 1 N–H and O–H groups in total. The van der Waals surface area contributed by atoms with E-state index in [4.69, 9.17) is 5.11 Å². The number of non-ortho nitro benzene ring substituents is 1. The van der Waals surface area contributed by atoms with E-state index in [0.717, 1.165) is 31.2 Å². The third kappa shape index (κ3) is 4.63. The Morgan fingerprint density at radius 2 is 1.91 bits per heavy atom. The maximum atomic E-state index is 12.2. The Morgan fingerprint density at radius 3 is 2.43 bits per heavy atom. The molecule has 1 amide bonds. The molecule has 0 spiro atoms. The first kappa shape index (κ1) is 17.1. The Bertz CT molecular complexity index is 575. The van der Waals surface area contributed by atoms with Crippen molar-refractivity contribution in [3.05, 3.63) is 46.0 Å². The number of amides is 1. The van der Waals surface area contributed by atoms with Crippen LogP contribution in [0.2, 0.25) is 0 Å². The van der Waals surface area contributed by atoms with Crippen LogP contribution in [0.25, 0.3) is 6.08 Å². The molecule has 23 heavy (non-hydrogen) atoms. The second kappa shape index (κ2) is 7.87. The summed E-state index contributed by atoms with van der Waals surface area (Å²) in [4.78, 5) is 24.1. The molecular weight excluding hydrogens is 296 g/mol. The molecular formula is C17H22N2O4. The predicted molar refractivity (Wildman–Crippen MR) is 87.7 cm³/mol. The Hall–Kier alpha value is -2.21. The van der Waals surface area contributed by atoms with E-state index in [9.17, 15) is 14.9 Å². The number of nitro groups is 1. The van der Waals surface area contributed by atoms with Gasteiger partial charge >= 0.3 is 0 Å². The number of rotatable bonds is 5. The van der Waals surface area contributed by atoms with Crippen molar-refractivity contribution in [3.63, 3.8) is 0 Å². The average molecular weight is 318 g/mol. The Labute approximate surface area is 135 Å². The Morgan fingerprint density at radius 1 is 1.30 bits per heavy atom. The molecule has 1 aliphatic rings. The molecule has 0 bridgehead atoms.